The summed E-state index contributed by atoms with van der Waals surface area (Å²) in [5.41, 5.74) is 0.895. The van der Waals surface area contributed by atoms with E-state index >= 15 is 0 Å². The molecule has 0 aromatic carbocycles. The topological polar surface area (TPSA) is 95.4 Å². The molecule has 108 valence electrons. The van der Waals surface area contributed by atoms with Crippen LogP contribution in [-0.2, 0) is 4.79 Å². The maximum absolute atomic E-state index is 12.5. The van der Waals surface area contributed by atoms with Crippen molar-refractivity contribution in [3.05, 3.63) is 17.5 Å². The number of hydrogen-bond acceptors (Lipinski definition) is 5. The van der Waals surface area contributed by atoms with Crippen molar-refractivity contribution < 1.29 is 14.7 Å². The fraction of sp³-hybridized carbons (Fsp3) is 0.538. The maximum atomic E-state index is 12.5. The molecule has 0 saturated carbocycles. The Hall–Kier alpha value is -2.18. The first-order valence-electron chi connectivity index (χ1n) is 6.60. The van der Waals surface area contributed by atoms with Gasteiger partial charge in [-0.15, -0.1) is 0 Å². The number of carboxylic acids is 1. The number of aliphatic carboxylic acids is 1. The van der Waals surface area contributed by atoms with Crippen molar-refractivity contribution in [1.82, 2.24) is 14.9 Å². The van der Waals surface area contributed by atoms with Crippen LogP contribution in [-0.4, -0.2) is 51.5 Å². The molecule has 1 fully saturated rings. The first-order valence-corrected chi connectivity index (χ1v) is 6.60. The highest BCUT2D eigenvalue weighted by molar-refractivity contribution is 5.95. The molecule has 1 aromatic rings. The number of piperidine rings is 1. The second kappa shape index (κ2) is 5.85. The largest absolute Gasteiger partial charge is 0.480 e. The zero-order chi connectivity index (χ0) is 14.7. The van der Waals surface area contributed by atoms with Crippen molar-refractivity contribution in [2.75, 3.05) is 18.9 Å². The van der Waals surface area contributed by atoms with E-state index in [1.54, 1.807) is 20.0 Å². The molecule has 7 heteroatoms. The van der Waals surface area contributed by atoms with Gasteiger partial charge in [-0.1, -0.05) is 0 Å². The van der Waals surface area contributed by atoms with Gasteiger partial charge in [0.2, 0.25) is 5.95 Å². The number of rotatable bonds is 3. The number of carbonyl (C=O) groups excluding carboxylic acids is 1. The van der Waals surface area contributed by atoms with E-state index in [9.17, 15) is 14.7 Å². The molecule has 1 aromatic heterocycles. The van der Waals surface area contributed by atoms with E-state index in [2.05, 4.69) is 15.3 Å². The summed E-state index contributed by atoms with van der Waals surface area (Å²) in [6.07, 6.45) is 2.13. The van der Waals surface area contributed by atoms with Crippen molar-refractivity contribution in [2.45, 2.75) is 32.2 Å². The Morgan fingerprint density at radius 2 is 2.15 bits per heavy atom. The molecular weight excluding hydrogens is 260 g/mol. The van der Waals surface area contributed by atoms with Crippen molar-refractivity contribution >= 4 is 17.8 Å². The molecule has 0 bridgehead atoms. The van der Waals surface area contributed by atoms with Gasteiger partial charge in [-0.05, 0) is 32.3 Å². The van der Waals surface area contributed by atoms with Crippen LogP contribution in [0.15, 0.2) is 6.07 Å². The third-order valence-electron chi connectivity index (χ3n) is 3.35. The SMILES string of the molecule is CNc1nc(C)cc(C(=O)N2CCCCC2C(=O)O)n1. The third-order valence-corrected chi connectivity index (χ3v) is 3.35. The van der Waals surface area contributed by atoms with Crippen LogP contribution in [0.2, 0.25) is 0 Å². The summed E-state index contributed by atoms with van der Waals surface area (Å²) in [4.78, 5) is 33.4. The van der Waals surface area contributed by atoms with Crippen LogP contribution in [0.3, 0.4) is 0 Å². The number of carbonyl (C=O) groups is 2. The van der Waals surface area contributed by atoms with E-state index in [0.29, 0.717) is 24.6 Å². The highest BCUT2D eigenvalue weighted by Gasteiger charge is 2.33. The lowest BCUT2D eigenvalue weighted by atomic mass is 10.0. The van der Waals surface area contributed by atoms with E-state index in [1.165, 1.54) is 4.90 Å². The third kappa shape index (κ3) is 2.87. The Kier molecular flexibility index (Phi) is 4.16. The summed E-state index contributed by atoms with van der Waals surface area (Å²) in [5.74, 6) is -0.950. The van der Waals surface area contributed by atoms with E-state index in [0.717, 1.165) is 12.8 Å². The number of likely N-dealkylation sites (tertiary alicyclic amines) is 1. The number of carboxylic acid groups (broad SMARTS) is 1. The highest BCUT2D eigenvalue weighted by Crippen LogP contribution is 2.20. The minimum atomic E-state index is -0.960. The summed E-state index contributed by atoms with van der Waals surface area (Å²) in [7, 11) is 1.67. The lowest BCUT2D eigenvalue weighted by Gasteiger charge is -2.32. The van der Waals surface area contributed by atoms with Crippen molar-refractivity contribution in [2.24, 2.45) is 0 Å². The smallest absolute Gasteiger partial charge is 0.326 e. The summed E-state index contributed by atoms with van der Waals surface area (Å²) in [6, 6.07) is 0.820. The van der Waals surface area contributed by atoms with Gasteiger partial charge in [0.15, 0.2) is 0 Å². The van der Waals surface area contributed by atoms with Crippen LogP contribution >= 0.6 is 0 Å². The van der Waals surface area contributed by atoms with E-state index in [4.69, 9.17) is 0 Å². The first-order chi connectivity index (χ1) is 9.52. The second-order valence-corrected chi connectivity index (χ2v) is 4.82. The number of anilines is 1. The van der Waals surface area contributed by atoms with Gasteiger partial charge >= 0.3 is 5.97 Å². The quantitative estimate of drug-likeness (QED) is 0.853. The van der Waals surface area contributed by atoms with Crippen LogP contribution in [0.1, 0.15) is 35.4 Å². The molecule has 0 radical (unpaired) electrons. The Balaban J connectivity index is 2.29. The molecule has 1 unspecified atom stereocenters. The van der Waals surface area contributed by atoms with Crippen LogP contribution in [0.25, 0.3) is 0 Å². The van der Waals surface area contributed by atoms with Gasteiger partial charge in [0, 0.05) is 19.3 Å². The summed E-state index contributed by atoms with van der Waals surface area (Å²) >= 11 is 0. The Labute approximate surface area is 117 Å². The number of aryl methyl sites for hydroxylation is 1. The molecule has 1 atom stereocenters. The van der Waals surface area contributed by atoms with Crippen LogP contribution < -0.4 is 5.32 Å². The molecule has 2 rings (SSSR count). The van der Waals surface area contributed by atoms with Gasteiger partial charge in [-0.2, -0.15) is 0 Å². The van der Waals surface area contributed by atoms with Crippen molar-refractivity contribution in [3.63, 3.8) is 0 Å². The molecule has 7 nitrogen and oxygen atoms in total. The molecule has 1 aliphatic heterocycles. The summed E-state index contributed by atoms with van der Waals surface area (Å²) in [5, 5.41) is 12.0. The van der Waals surface area contributed by atoms with Crippen LogP contribution in [0.5, 0.6) is 0 Å². The molecule has 1 aliphatic rings. The maximum Gasteiger partial charge on any atom is 0.326 e. The molecule has 2 N–H and O–H groups in total. The highest BCUT2D eigenvalue weighted by atomic mass is 16.4. The molecule has 2 heterocycles. The molecule has 20 heavy (non-hydrogen) atoms. The predicted molar refractivity (Wildman–Crippen MR) is 72.6 cm³/mol. The van der Waals surface area contributed by atoms with Crippen molar-refractivity contribution in [3.8, 4) is 0 Å². The minimum absolute atomic E-state index is 0.231. The number of nitrogens with one attached hydrogen (secondary N) is 1. The Morgan fingerprint density at radius 3 is 2.80 bits per heavy atom. The van der Waals surface area contributed by atoms with Gasteiger partial charge in [-0.3, -0.25) is 4.79 Å². The Morgan fingerprint density at radius 1 is 1.40 bits per heavy atom. The van der Waals surface area contributed by atoms with Gasteiger partial charge < -0.3 is 15.3 Å². The number of hydrogen-bond donors (Lipinski definition) is 2. The standard InChI is InChI=1S/C13H18N4O3/c1-8-7-9(16-13(14-2)15-8)11(18)17-6-4-3-5-10(17)12(19)20/h7,10H,3-6H2,1-2H3,(H,19,20)(H,14,15,16). The molecule has 1 amide bonds. The number of nitrogens with zero attached hydrogens (tertiary/aromatic N) is 3. The van der Waals surface area contributed by atoms with Crippen LogP contribution in [0.4, 0.5) is 5.95 Å². The zero-order valence-corrected chi connectivity index (χ0v) is 11.6. The molecule has 0 aliphatic carbocycles. The molecule has 0 spiro atoms. The normalized spacial score (nSPS) is 18.7. The zero-order valence-electron chi connectivity index (χ0n) is 11.6. The van der Waals surface area contributed by atoms with Gasteiger partial charge in [0.25, 0.3) is 5.91 Å². The monoisotopic (exact) mass is 278 g/mol. The second-order valence-electron chi connectivity index (χ2n) is 4.82. The average Bonchev–Trinajstić information content (AvgIpc) is 2.45. The molecule has 1 saturated heterocycles. The lowest BCUT2D eigenvalue weighted by molar-refractivity contribution is -0.143. The van der Waals surface area contributed by atoms with E-state index < -0.39 is 12.0 Å². The summed E-state index contributed by atoms with van der Waals surface area (Å²) in [6.45, 7) is 2.22. The van der Waals surface area contributed by atoms with Gasteiger partial charge in [-0.25, -0.2) is 14.8 Å². The fourth-order valence-corrected chi connectivity index (χ4v) is 2.37. The number of aromatic nitrogens is 2. The summed E-state index contributed by atoms with van der Waals surface area (Å²) < 4.78 is 0. The van der Waals surface area contributed by atoms with Gasteiger partial charge in [0.1, 0.15) is 11.7 Å². The van der Waals surface area contributed by atoms with E-state index in [-0.39, 0.29) is 11.6 Å². The minimum Gasteiger partial charge on any atom is -0.480 e. The number of amides is 1. The predicted octanol–water partition coefficient (Wildman–Crippen LogP) is 0.906. The van der Waals surface area contributed by atoms with Crippen molar-refractivity contribution in [1.29, 1.82) is 0 Å². The Bertz CT molecular complexity index is 532. The van der Waals surface area contributed by atoms with E-state index in [1.807, 2.05) is 0 Å². The van der Waals surface area contributed by atoms with Crippen LogP contribution in [0, 0.1) is 6.92 Å². The molecular formula is C13H18N4O3. The average molecular weight is 278 g/mol. The first kappa shape index (κ1) is 14.2. The van der Waals surface area contributed by atoms with Gasteiger partial charge in [0.05, 0.1) is 0 Å². The fourth-order valence-electron chi connectivity index (χ4n) is 2.37. The lowest BCUT2D eigenvalue weighted by Crippen LogP contribution is -2.48.